The molecule has 0 aromatic heterocycles. The molecular weight excluding hydrogens is 360 g/mol. The van der Waals surface area contributed by atoms with Gasteiger partial charge in [-0.3, -0.25) is 9.59 Å². The first-order valence-corrected chi connectivity index (χ1v) is 10.0. The molecule has 154 valence electrons. The Morgan fingerprint density at radius 3 is 2.36 bits per heavy atom. The van der Waals surface area contributed by atoms with E-state index in [1.165, 1.54) is 0 Å². The Balaban J connectivity index is 1.46. The minimum atomic E-state index is -0.0889. The van der Waals surface area contributed by atoms with Crippen LogP contribution in [0.4, 0.5) is 5.69 Å². The summed E-state index contributed by atoms with van der Waals surface area (Å²) in [5, 5.41) is 5.96. The largest absolute Gasteiger partial charge is 0.497 e. The SMILES string of the molecule is COc1ccc(NC(=O)C2CCC(C(=O)NCC3CCCO3)CC2)c(OC)c1. The van der Waals surface area contributed by atoms with E-state index in [4.69, 9.17) is 14.2 Å². The van der Waals surface area contributed by atoms with Gasteiger partial charge in [-0.15, -0.1) is 0 Å². The number of rotatable bonds is 7. The topological polar surface area (TPSA) is 85.9 Å². The van der Waals surface area contributed by atoms with Crippen molar-refractivity contribution in [1.82, 2.24) is 5.32 Å². The Morgan fingerprint density at radius 1 is 1.04 bits per heavy atom. The van der Waals surface area contributed by atoms with E-state index in [0.717, 1.165) is 32.3 Å². The summed E-state index contributed by atoms with van der Waals surface area (Å²) >= 11 is 0. The molecule has 0 bridgehead atoms. The molecule has 28 heavy (non-hydrogen) atoms. The van der Waals surface area contributed by atoms with Crippen LogP contribution in [0.25, 0.3) is 0 Å². The number of amides is 2. The molecule has 3 rings (SSSR count). The van der Waals surface area contributed by atoms with Crippen LogP contribution in [0.15, 0.2) is 18.2 Å². The van der Waals surface area contributed by atoms with Crippen molar-refractivity contribution in [3.8, 4) is 11.5 Å². The Hall–Kier alpha value is -2.28. The normalized spacial score (nSPS) is 24.4. The van der Waals surface area contributed by atoms with Gasteiger partial charge in [0.2, 0.25) is 11.8 Å². The van der Waals surface area contributed by atoms with E-state index in [9.17, 15) is 9.59 Å². The zero-order chi connectivity index (χ0) is 19.9. The van der Waals surface area contributed by atoms with Gasteiger partial charge in [-0.25, -0.2) is 0 Å². The van der Waals surface area contributed by atoms with E-state index in [2.05, 4.69) is 10.6 Å². The molecule has 1 atom stereocenters. The van der Waals surface area contributed by atoms with Crippen molar-refractivity contribution in [2.24, 2.45) is 11.8 Å². The Kier molecular flexibility index (Phi) is 7.14. The Labute approximate surface area is 166 Å². The standard InChI is InChI=1S/C21H30N2O5/c1-26-16-9-10-18(19(12-16)27-2)23-21(25)15-7-5-14(6-8-15)20(24)22-13-17-4-3-11-28-17/h9-10,12,14-15,17H,3-8,11,13H2,1-2H3,(H,22,24)(H,23,25). The number of carbonyl (C=O) groups is 2. The van der Waals surface area contributed by atoms with Gasteiger partial charge in [-0.2, -0.15) is 0 Å². The van der Waals surface area contributed by atoms with Gasteiger partial charge in [0.25, 0.3) is 0 Å². The summed E-state index contributed by atoms with van der Waals surface area (Å²) < 4.78 is 16.1. The molecule has 0 radical (unpaired) electrons. The van der Waals surface area contributed by atoms with E-state index in [-0.39, 0.29) is 29.8 Å². The molecule has 1 aliphatic heterocycles. The maximum absolute atomic E-state index is 12.7. The highest BCUT2D eigenvalue weighted by atomic mass is 16.5. The molecule has 2 aliphatic rings. The van der Waals surface area contributed by atoms with Gasteiger partial charge in [0.05, 0.1) is 26.0 Å². The third kappa shape index (κ3) is 5.16. The summed E-state index contributed by atoms with van der Waals surface area (Å²) in [6.07, 6.45) is 5.13. The zero-order valence-corrected chi connectivity index (χ0v) is 16.7. The second kappa shape index (κ2) is 9.78. The van der Waals surface area contributed by atoms with Gasteiger partial charge >= 0.3 is 0 Å². The van der Waals surface area contributed by atoms with Crippen LogP contribution in [0.5, 0.6) is 11.5 Å². The van der Waals surface area contributed by atoms with Crippen LogP contribution in [0.3, 0.4) is 0 Å². The molecule has 1 heterocycles. The summed E-state index contributed by atoms with van der Waals surface area (Å²) in [5.41, 5.74) is 0.629. The lowest BCUT2D eigenvalue weighted by Gasteiger charge is -2.27. The molecule has 1 saturated carbocycles. The van der Waals surface area contributed by atoms with E-state index in [0.29, 0.717) is 36.6 Å². The number of carbonyl (C=O) groups excluding carboxylic acids is 2. The lowest BCUT2D eigenvalue weighted by atomic mass is 9.81. The summed E-state index contributed by atoms with van der Waals surface area (Å²) in [4.78, 5) is 25.0. The van der Waals surface area contributed by atoms with E-state index < -0.39 is 0 Å². The maximum atomic E-state index is 12.7. The van der Waals surface area contributed by atoms with Gasteiger partial charge in [-0.1, -0.05) is 0 Å². The van der Waals surface area contributed by atoms with Gasteiger partial charge in [0.15, 0.2) is 0 Å². The first kappa shape index (κ1) is 20.5. The number of anilines is 1. The minimum absolute atomic E-state index is 0.0130. The quantitative estimate of drug-likeness (QED) is 0.748. The third-order valence-electron chi connectivity index (χ3n) is 5.66. The lowest BCUT2D eigenvalue weighted by molar-refractivity contribution is -0.128. The van der Waals surface area contributed by atoms with Crippen molar-refractivity contribution in [3.63, 3.8) is 0 Å². The van der Waals surface area contributed by atoms with Gasteiger partial charge in [-0.05, 0) is 50.7 Å². The highest BCUT2D eigenvalue weighted by Crippen LogP contribution is 2.33. The van der Waals surface area contributed by atoms with E-state index in [1.54, 1.807) is 32.4 Å². The smallest absolute Gasteiger partial charge is 0.227 e. The highest BCUT2D eigenvalue weighted by molar-refractivity contribution is 5.94. The molecule has 1 saturated heterocycles. The van der Waals surface area contributed by atoms with Crippen molar-refractivity contribution in [2.75, 3.05) is 32.7 Å². The molecule has 2 N–H and O–H groups in total. The number of hydrogen-bond acceptors (Lipinski definition) is 5. The molecular formula is C21H30N2O5. The van der Waals surface area contributed by atoms with Crippen LogP contribution in [-0.2, 0) is 14.3 Å². The molecule has 2 amide bonds. The Morgan fingerprint density at radius 2 is 1.75 bits per heavy atom. The van der Waals surface area contributed by atoms with Crippen molar-refractivity contribution in [3.05, 3.63) is 18.2 Å². The molecule has 1 aromatic rings. The summed E-state index contributed by atoms with van der Waals surface area (Å²) in [6.45, 7) is 1.39. The van der Waals surface area contributed by atoms with Crippen LogP contribution < -0.4 is 20.1 Å². The summed E-state index contributed by atoms with van der Waals surface area (Å²) in [7, 11) is 3.15. The number of nitrogens with one attached hydrogen (secondary N) is 2. The van der Waals surface area contributed by atoms with Gasteiger partial charge < -0.3 is 24.8 Å². The summed E-state index contributed by atoms with van der Waals surface area (Å²) in [5.74, 6) is 1.20. The van der Waals surface area contributed by atoms with Crippen LogP contribution in [-0.4, -0.2) is 45.3 Å². The average Bonchev–Trinajstić information content (AvgIpc) is 3.26. The second-order valence-electron chi connectivity index (χ2n) is 7.48. The number of ether oxygens (including phenoxy) is 3. The predicted octanol–water partition coefficient (Wildman–Crippen LogP) is 2.74. The number of methoxy groups -OCH3 is 2. The fourth-order valence-electron chi connectivity index (χ4n) is 3.92. The second-order valence-corrected chi connectivity index (χ2v) is 7.48. The number of benzene rings is 1. The number of hydrogen-bond donors (Lipinski definition) is 2. The summed E-state index contributed by atoms with van der Waals surface area (Å²) in [6, 6.07) is 5.30. The molecule has 7 nitrogen and oxygen atoms in total. The van der Waals surface area contributed by atoms with Crippen molar-refractivity contribution in [1.29, 1.82) is 0 Å². The molecule has 7 heteroatoms. The monoisotopic (exact) mass is 390 g/mol. The Bertz CT molecular complexity index is 679. The predicted molar refractivity (Wildman–Crippen MR) is 106 cm³/mol. The van der Waals surface area contributed by atoms with Crippen LogP contribution >= 0.6 is 0 Å². The van der Waals surface area contributed by atoms with Crippen LogP contribution in [0.2, 0.25) is 0 Å². The maximum Gasteiger partial charge on any atom is 0.227 e. The highest BCUT2D eigenvalue weighted by Gasteiger charge is 2.30. The van der Waals surface area contributed by atoms with Crippen molar-refractivity contribution < 1.29 is 23.8 Å². The first-order valence-electron chi connectivity index (χ1n) is 10.0. The van der Waals surface area contributed by atoms with Crippen molar-refractivity contribution in [2.45, 2.75) is 44.6 Å². The van der Waals surface area contributed by atoms with Crippen LogP contribution in [0, 0.1) is 11.8 Å². The first-order chi connectivity index (χ1) is 13.6. The van der Waals surface area contributed by atoms with Crippen molar-refractivity contribution >= 4 is 17.5 Å². The molecule has 2 fully saturated rings. The molecule has 1 aromatic carbocycles. The van der Waals surface area contributed by atoms with E-state index >= 15 is 0 Å². The average molecular weight is 390 g/mol. The van der Waals surface area contributed by atoms with Gasteiger partial charge in [0.1, 0.15) is 11.5 Å². The minimum Gasteiger partial charge on any atom is -0.497 e. The fourth-order valence-corrected chi connectivity index (χ4v) is 3.92. The van der Waals surface area contributed by atoms with E-state index in [1.807, 2.05) is 0 Å². The third-order valence-corrected chi connectivity index (χ3v) is 5.66. The molecule has 1 aliphatic carbocycles. The zero-order valence-electron chi connectivity index (χ0n) is 16.7. The fraction of sp³-hybridized carbons (Fsp3) is 0.619. The lowest BCUT2D eigenvalue weighted by Crippen LogP contribution is -2.38. The van der Waals surface area contributed by atoms with Gasteiger partial charge in [0, 0.05) is 31.1 Å². The molecule has 0 spiro atoms. The van der Waals surface area contributed by atoms with Crippen LogP contribution in [0.1, 0.15) is 38.5 Å². The molecule has 1 unspecified atom stereocenters.